The van der Waals surface area contributed by atoms with Gasteiger partial charge in [-0.1, -0.05) is 30.3 Å². The zero-order valence-electron chi connectivity index (χ0n) is 17.9. The number of thiazole rings is 1. The molecule has 1 aromatic heterocycles. The molecular formula is C26H23N3O3S. The average Bonchev–Trinajstić information content (AvgIpc) is 3.56. The highest BCUT2D eigenvalue weighted by molar-refractivity contribution is 7.21. The van der Waals surface area contributed by atoms with E-state index in [1.165, 1.54) is 11.3 Å². The fourth-order valence-electron chi connectivity index (χ4n) is 3.40. The average molecular weight is 458 g/mol. The number of hydrogen-bond donors (Lipinski definition) is 2. The third kappa shape index (κ3) is 5.21. The van der Waals surface area contributed by atoms with Gasteiger partial charge in [0.2, 0.25) is 0 Å². The van der Waals surface area contributed by atoms with Gasteiger partial charge in [0.1, 0.15) is 17.4 Å². The van der Waals surface area contributed by atoms with Crippen LogP contribution in [0.3, 0.4) is 0 Å². The minimum atomic E-state index is -0.144. The van der Waals surface area contributed by atoms with Crippen molar-refractivity contribution in [3.05, 3.63) is 83.9 Å². The summed E-state index contributed by atoms with van der Waals surface area (Å²) < 4.78 is 6.55. The normalized spacial score (nSPS) is 13.0. The molecule has 33 heavy (non-hydrogen) atoms. The number of carbonyl (C=O) groups is 2. The molecule has 2 amide bonds. The van der Waals surface area contributed by atoms with Gasteiger partial charge in [0.15, 0.2) is 0 Å². The van der Waals surface area contributed by atoms with Gasteiger partial charge in [-0.05, 0) is 55.3 Å². The van der Waals surface area contributed by atoms with Gasteiger partial charge in [0, 0.05) is 22.7 Å². The van der Waals surface area contributed by atoms with Crippen molar-refractivity contribution in [3.63, 3.8) is 0 Å². The van der Waals surface area contributed by atoms with E-state index in [9.17, 15) is 9.59 Å². The Bertz CT molecular complexity index is 1280. The summed E-state index contributed by atoms with van der Waals surface area (Å²) >= 11 is 1.53. The molecular weight excluding hydrogens is 434 g/mol. The van der Waals surface area contributed by atoms with Crippen LogP contribution in [-0.2, 0) is 0 Å². The SMILES string of the molecule is O=C(NCCOc1ccccc1)c1ccc2nc(-c3ccc(C(=O)NC4CC4)cc3)sc2c1. The Labute approximate surface area is 195 Å². The van der Waals surface area contributed by atoms with Crippen LogP contribution in [0, 0.1) is 0 Å². The Kier molecular flexibility index (Phi) is 6.04. The first-order valence-electron chi connectivity index (χ1n) is 10.9. The smallest absolute Gasteiger partial charge is 0.251 e. The Morgan fingerprint density at radius 1 is 0.939 bits per heavy atom. The van der Waals surface area contributed by atoms with E-state index in [1.54, 1.807) is 6.07 Å². The second-order valence-corrected chi connectivity index (χ2v) is 8.97. The number of hydrogen-bond acceptors (Lipinski definition) is 5. The minimum absolute atomic E-state index is 0.0295. The number of benzene rings is 3. The summed E-state index contributed by atoms with van der Waals surface area (Å²) in [7, 11) is 0. The number of aromatic nitrogens is 1. The van der Waals surface area contributed by atoms with E-state index < -0.39 is 0 Å². The van der Waals surface area contributed by atoms with Crippen LogP contribution in [0.2, 0.25) is 0 Å². The quantitative estimate of drug-likeness (QED) is 0.377. The van der Waals surface area contributed by atoms with E-state index in [-0.39, 0.29) is 11.8 Å². The second-order valence-electron chi connectivity index (χ2n) is 7.94. The topological polar surface area (TPSA) is 80.3 Å². The molecule has 2 N–H and O–H groups in total. The van der Waals surface area contributed by atoms with Crippen molar-refractivity contribution in [3.8, 4) is 16.3 Å². The van der Waals surface area contributed by atoms with E-state index in [0.29, 0.717) is 30.3 Å². The monoisotopic (exact) mass is 457 g/mol. The van der Waals surface area contributed by atoms with Gasteiger partial charge in [-0.25, -0.2) is 4.98 Å². The van der Waals surface area contributed by atoms with E-state index in [2.05, 4.69) is 10.6 Å². The molecule has 0 radical (unpaired) electrons. The highest BCUT2D eigenvalue weighted by Gasteiger charge is 2.23. The van der Waals surface area contributed by atoms with Crippen molar-refractivity contribution in [2.24, 2.45) is 0 Å². The van der Waals surface area contributed by atoms with Crippen LogP contribution in [-0.4, -0.2) is 36.0 Å². The van der Waals surface area contributed by atoms with Crippen molar-refractivity contribution >= 4 is 33.4 Å². The molecule has 1 saturated carbocycles. The van der Waals surface area contributed by atoms with Crippen LogP contribution >= 0.6 is 11.3 Å². The lowest BCUT2D eigenvalue weighted by Gasteiger charge is -2.07. The maximum atomic E-state index is 12.5. The zero-order chi connectivity index (χ0) is 22.6. The number of rotatable bonds is 8. The highest BCUT2D eigenvalue weighted by atomic mass is 32.1. The third-order valence-electron chi connectivity index (χ3n) is 5.36. The summed E-state index contributed by atoms with van der Waals surface area (Å²) in [4.78, 5) is 29.4. The van der Waals surface area contributed by atoms with E-state index in [0.717, 1.165) is 39.4 Å². The molecule has 4 aromatic rings. The van der Waals surface area contributed by atoms with Crippen LogP contribution in [0.4, 0.5) is 0 Å². The molecule has 0 aliphatic heterocycles. The Hall–Kier alpha value is -3.71. The van der Waals surface area contributed by atoms with Gasteiger partial charge in [0.25, 0.3) is 11.8 Å². The van der Waals surface area contributed by atoms with Crippen molar-refractivity contribution < 1.29 is 14.3 Å². The van der Waals surface area contributed by atoms with Gasteiger partial charge < -0.3 is 15.4 Å². The second kappa shape index (κ2) is 9.42. The number of amides is 2. The lowest BCUT2D eigenvalue weighted by atomic mass is 10.1. The number of nitrogens with zero attached hydrogens (tertiary/aromatic N) is 1. The van der Waals surface area contributed by atoms with E-state index in [4.69, 9.17) is 9.72 Å². The van der Waals surface area contributed by atoms with E-state index in [1.807, 2.05) is 66.7 Å². The van der Waals surface area contributed by atoms with Crippen molar-refractivity contribution in [2.75, 3.05) is 13.2 Å². The van der Waals surface area contributed by atoms with Gasteiger partial charge in [-0.2, -0.15) is 0 Å². The number of ether oxygens (including phenoxy) is 1. The number of nitrogens with one attached hydrogen (secondary N) is 2. The van der Waals surface area contributed by atoms with Crippen molar-refractivity contribution in [1.29, 1.82) is 0 Å². The molecule has 0 bridgehead atoms. The van der Waals surface area contributed by atoms with Crippen molar-refractivity contribution in [2.45, 2.75) is 18.9 Å². The molecule has 166 valence electrons. The van der Waals surface area contributed by atoms with Crippen LogP contribution in [0.5, 0.6) is 5.75 Å². The summed E-state index contributed by atoms with van der Waals surface area (Å²) in [5.41, 5.74) is 3.03. The standard InChI is InChI=1S/C26H23N3O3S/c30-24(27-14-15-32-21-4-2-1-3-5-21)19-10-13-22-23(16-19)33-26(29-22)18-8-6-17(7-9-18)25(31)28-20-11-12-20/h1-10,13,16,20H,11-12,14-15H2,(H,27,30)(H,28,31). The molecule has 0 spiro atoms. The molecule has 5 rings (SSSR count). The van der Waals surface area contributed by atoms with Crippen LogP contribution in [0.15, 0.2) is 72.8 Å². The first-order chi connectivity index (χ1) is 16.2. The van der Waals surface area contributed by atoms with Gasteiger partial charge in [-0.3, -0.25) is 9.59 Å². The summed E-state index contributed by atoms with van der Waals surface area (Å²) in [5, 5.41) is 6.74. The molecule has 0 unspecified atom stereocenters. The van der Waals surface area contributed by atoms with Gasteiger partial charge in [-0.15, -0.1) is 11.3 Å². The lowest BCUT2D eigenvalue weighted by molar-refractivity contribution is 0.0941. The molecule has 1 fully saturated rings. The first-order valence-corrected chi connectivity index (χ1v) is 11.8. The predicted molar refractivity (Wildman–Crippen MR) is 130 cm³/mol. The van der Waals surface area contributed by atoms with Crippen LogP contribution < -0.4 is 15.4 Å². The van der Waals surface area contributed by atoms with Gasteiger partial charge >= 0.3 is 0 Å². The first kappa shape index (κ1) is 21.2. The maximum Gasteiger partial charge on any atom is 0.251 e. The fraction of sp³-hybridized carbons (Fsp3) is 0.192. The maximum absolute atomic E-state index is 12.5. The number of carbonyl (C=O) groups excluding carboxylic acids is 2. The molecule has 1 aliphatic rings. The molecule has 6 nitrogen and oxygen atoms in total. The molecule has 0 saturated heterocycles. The summed E-state index contributed by atoms with van der Waals surface area (Å²) in [5.74, 6) is 0.606. The van der Waals surface area contributed by atoms with Crippen molar-refractivity contribution in [1.82, 2.24) is 15.6 Å². The van der Waals surface area contributed by atoms with Crippen LogP contribution in [0.1, 0.15) is 33.6 Å². The van der Waals surface area contributed by atoms with Gasteiger partial charge in [0.05, 0.1) is 16.8 Å². The molecule has 1 aliphatic carbocycles. The fourth-order valence-corrected chi connectivity index (χ4v) is 4.41. The summed E-state index contributed by atoms with van der Waals surface area (Å²) in [6.45, 7) is 0.817. The lowest BCUT2D eigenvalue weighted by Crippen LogP contribution is -2.28. The molecule has 3 aromatic carbocycles. The number of fused-ring (bicyclic) bond motifs is 1. The zero-order valence-corrected chi connectivity index (χ0v) is 18.7. The Balaban J connectivity index is 1.21. The third-order valence-corrected chi connectivity index (χ3v) is 6.42. The molecule has 0 atom stereocenters. The molecule has 7 heteroatoms. The summed E-state index contributed by atoms with van der Waals surface area (Å²) in [6, 6.07) is 22.8. The largest absolute Gasteiger partial charge is 0.492 e. The Morgan fingerprint density at radius 3 is 2.45 bits per heavy atom. The summed E-state index contributed by atoms with van der Waals surface area (Å²) in [6.07, 6.45) is 2.13. The highest BCUT2D eigenvalue weighted by Crippen LogP contribution is 2.31. The Morgan fingerprint density at radius 2 is 1.70 bits per heavy atom. The van der Waals surface area contributed by atoms with E-state index >= 15 is 0 Å². The molecule has 1 heterocycles. The predicted octanol–water partition coefficient (Wildman–Crippen LogP) is 4.66. The van der Waals surface area contributed by atoms with Crippen LogP contribution in [0.25, 0.3) is 20.8 Å². The number of para-hydroxylation sites is 1. The minimum Gasteiger partial charge on any atom is -0.492 e.